The number of pyridine rings is 1. The van der Waals surface area contributed by atoms with E-state index in [1.54, 1.807) is 42.8 Å². The molecule has 0 radical (unpaired) electrons. The minimum Gasteiger partial charge on any atom is -0.478 e. The number of carbonyl (C=O) groups excluding carboxylic acids is 1. The Labute approximate surface area is 192 Å². The number of hydrogen-bond acceptors (Lipinski definition) is 4. The van der Waals surface area contributed by atoms with Crippen molar-refractivity contribution in [3.05, 3.63) is 76.4 Å². The number of aromatic nitrogens is 3. The Morgan fingerprint density at radius 1 is 1.03 bits per heavy atom. The van der Waals surface area contributed by atoms with Crippen LogP contribution in [0.4, 0.5) is 5.82 Å². The van der Waals surface area contributed by atoms with Crippen LogP contribution in [0.5, 0.6) is 5.75 Å². The van der Waals surface area contributed by atoms with Crippen LogP contribution in [-0.4, -0.2) is 26.3 Å². The van der Waals surface area contributed by atoms with E-state index in [9.17, 15) is 4.79 Å². The molecule has 0 aliphatic heterocycles. The maximum Gasteiger partial charge on any atom is 0.269 e. The van der Waals surface area contributed by atoms with Gasteiger partial charge in [0.1, 0.15) is 11.6 Å². The summed E-state index contributed by atoms with van der Waals surface area (Å²) in [5.74, 6) is 1.42. The van der Waals surface area contributed by atoms with E-state index in [1.807, 2.05) is 45.0 Å². The lowest BCUT2D eigenvalue weighted by atomic mass is 10.1. The smallest absolute Gasteiger partial charge is 0.269 e. The van der Waals surface area contributed by atoms with Crippen molar-refractivity contribution in [3.8, 4) is 11.6 Å². The van der Waals surface area contributed by atoms with E-state index in [-0.39, 0.29) is 5.91 Å². The fraction of sp³-hybridized carbons (Fsp3) is 0.240. The second-order valence-electron chi connectivity index (χ2n) is 8.37. The molecule has 32 heavy (non-hydrogen) atoms. The van der Waals surface area contributed by atoms with Crippen molar-refractivity contribution < 1.29 is 9.53 Å². The van der Waals surface area contributed by atoms with E-state index in [0.29, 0.717) is 22.4 Å². The highest BCUT2D eigenvalue weighted by Gasteiger charge is 2.31. The summed E-state index contributed by atoms with van der Waals surface area (Å²) < 4.78 is 7.58. The molecule has 7 heteroatoms. The topological polar surface area (TPSA) is 69.0 Å². The van der Waals surface area contributed by atoms with Crippen LogP contribution >= 0.6 is 11.6 Å². The Morgan fingerprint density at radius 3 is 2.47 bits per heavy atom. The van der Waals surface area contributed by atoms with Crippen LogP contribution in [0.15, 0.2) is 54.6 Å². The minimum absolute atomic E-state index is 0.303. The number of hydrogen-bond donors (Lipinski definition) is 1. The van der Waals surface area contributed by atoms with Gasteiger partial charge >= 0.3 is 0 Å². The van der Waals surface area contributed by atoms with Crippen LogP contribution < -0.4 is 10.1 Å². The average Bonchev–Trinajstić information content (AvgIpc) is 3.10. The van der Waals surface area contributed by atoms with Gasteiger partial charge in [0.25, 0.3) is 5.91 Å². The molecule has 2 aromatic carbocycles. The third-order valence-corrected chi connectivity index (χ3v) is 5.51. The molecule has 0 aliphatic rings. The van der Waals surface area contributed by atoms with Gasteiger partial charge in [0.05, 0.1) is 11.2 Å². The number of rotatable bonds is 5. The van der Waals surface area contributed by atoms with E-state index in [2.05, 4.69) is 16.5 Å². The molecule has 0 spiro atoms. The summed E-state index contributed by atoms with van der Waals surface area (Å²) in [5, 5.41) is 9.23. The van der Waals surface area contributed by atoms with Gasteiger partial charge in [-0.2, -0.15) is 9.78 Å². The second kappa shape index (κ2) is 8.28. The lowest BCUT2D eigenvalue weighted by molar-refractivity contribution is -0.128. The van der Waals surface area contributed by atoms with Gasteiger partial charge in [-0.15, -0.1) is 0 Å². The summed E-state index contributed by atoms with van der Waals surface area (Å²) in [6.07, 6.45) is 0. The summed E-state index contributed by atoms with van der Waals surface area (Å²) in [6, 6.07) is 16.8. The standard InChI is InChI=1S/C25H25ClN4O2/c1-15-7-6-8-20-16(2)13-21(27-23(15)20)30-22(14-17(3)29-30)28-24(31)25(4,5)32-19-11-9-18(26)10-12-19/h6-14H,1-5H3,(H,28,31). The molecule has 0 saturated carbocycles. The predicted molar refractivity (Wildman–Crippen MR) is 128 cm³/mol. The van der Waals surface area contributed by atoms with E-state index in [1.165, 1.54) is 0 Å². The number of aryl methyl sites for hydroxylation is 3. The third kappa shape index (κ3) is 4.32. The molecule has 6 nitrogen and oxygen atoms in total. The lowest BCUT2D eigenvalue weighted by Crippen LogP contribution is -2.42. The van der Waals surface area contributed by atoms with Crippen LogP contribution in [-0.2, 0) is 4.79 Å². The number of benzene rings is 2. The van der Waals surface area contributed by atoms with Crippen molar-refractivity contribution in [2.24, 2.45) is 0 Å². The van der Waals surface area contributed by atoms with Gasteiger partial charge in [0.2, 0.25) is 0 Å². The van der Waals surface area contributed by atoms with Crippen LogP contribution in [0.25, 0.3) is 16.7 Å². The highest BCUT2D eigenvalue weighted by atomic mass is 35.5. The highest BCUT2D eigenvalue weighted by Crippen LogP contribution is 2.26. The van der Waals surface area contributed by atoms with Crippen LogP contribution in [0, 0.1) is 20.8 Å². The van der Waals surface area contributed by atoms with E-state index in [0.717, 1.165) is 27.7 Å². The molecule has 0 fully saturated rings. The molecule has 4 rings (SSSR count). The number of carbonyl (C=O) groups is 1. The number of halogens is 1. The Morgan fingerprint density at radius 2 is 1.75 bits per heavy atom. The average molecular weight is 449 g/mol. The summed E-state index contributed by atoms with van der Waals surface area (Å²) in [7, 11) is 0. The molecule has 0 saturated heterocycles. The normalized spacial score (nSPS) is 11.6. The van der Waals surface area contributed by atoms with E-state index in [4.69, 9.17) is 21.3 Å². The molecular weight excluding hydrogens is 424 g/mol. The SMILES string of the molecule is Cc1cc(NC(=O)C(C)(C)Oc2ccc(Cl)cc2)n(-c2cc(C)c3cccc(C)c3n2)n1. The molecule has 1 N–H and O–H groups in total. The van der Waals surface area contributed by atoms with Crippen molar-refractivity contribution in [3.63, 3.8) is 0 Å². The highest BCUT2D eigenvalue weighted by molar-refractivity contribution is 6.30. The van der Waals surface area contributed by atoms with Gasteiger partial charge in [0.15, 0.2) is 11.4 Å². The number of para-hydroxylation sites is 1. The molecule has 2 aromatic heterocycles. The van der Waals surface area contributed by atoms with E-state index < -0.39 is 5.60 Å². The zero-order valence-electron chi connectivity index (χ0n) is 18.7. The molecule has 4 aromatic rings. The van der Waals surface area contributed by atoms with Crippen molar-refractivity contribution in [1.82, 2.24) is 14.8 Å². The van der Waals surface area contributed by atoms with Gasteiger partial charge in [-0.25, -0.2) is 4.98 Å². The summed E-state index contributed by atoms with van der Waals surface area (Å²) >= 11 is 5.94. The van der Waals surface area contributed by atoms with Crippen molar-refractivity contribution in [1.29, 1.82) is 0 Å². The fourth-order valence-corrected chi connectivity index (χ4v) is 3.65. The molecule has 1 amide bonds. The van der Waals surface area contributed by atoms with Gasteiger partial charge in [-0.3, -0.25) is 4.79 Å². The van der Waals surface area contributed by atoms with Crippen LogP contribution in [0.1, 0.15) is 30.7 Å². The largest absolute Gasteiger partial charge is 0.478 e. The molecule has 2 heterocycles. The Balaban J connectivity index is 1.65. The zero-order valence-corrected chi connectivity index (χ0v) is 19.5. The first-order chi connectivity index (χ1) is 15.1. The molecular formula is C25H25ClN4O2. The molecule has 0 aliphatic carbocycles. The van der Waals surface area contributed by atoms with Crippen LogP contribution in [0.2, 0.25) is 5.02 Å². The molecule has 0 unspecified atom stereocenters. The monoisotopic (exact) mass is 448 g/mol. The summed E-state index contributed by atoms with van der Waals surface area (Å²) in [5.41, 5.74) is 2.73. The first-order valence-corrected chi connectivity index (χ1v) is 10.7. The third-order valence-electron chi connectivity index (χ3n) is 5.26. The first kappa shape index (κ1) is 21.8. The van der Waals surface area contributed by atoms with Crippen LogP contribution in [0.3, 0.4) is 0 Å². The van der Waals surface area contributed by atoms with Gasteiger partial charge in [-0.1, -0.05) is 29.8 Å². The van der Waals surface area contributed by atoms with Gasteiger partial charge in [0, 0.05) is 16.5 Å². The van der Waals surface area contributed by atoms with Crippen molar-refractivity contribution in [2.45, 2.75) is 40.2 Å². The summed E-state index contributed by atoms with van der Waals surface area (Å²) in [6.45, 7) is 9.38. The maximum atomic E-state index is 13.1. The minimum atomic E-state index is -1.12. The lowest BCUT2D eigenvalue weighted by Gasteiger charge is -2.25. The zero-order chi connectivity index (χ0) is 23.0. The van der Waals surface area contributed by atoms with Crippen molar-refractivity contribution in [2.75, 3.05) is 5.32 Å². The number of nitrogens with one attached hydrogen (secondary N) is 1. The maximum absolute atomic E-state index is 13.1. The van der Waals surface area contributed by atoms with Gasteiger partial charge in [-0.05, 0) is 76.1 Å². The van der Waals surface area contributed by atoms with Gasteiger partial charge < -0.3 is 10.1 Å². The second-order valence-corrected chi connectivity index (χ2v) is 8.81. The molecule has 164 valence electrons. The number of amides is 1. The number of fused-ring (bicyclic) bond motifs is 1. The first-order valence-electron chi connectivity index (χ1n) is 10.3. The number of ether oxygens (including phenoxy) is 1. The molecule has 0 atom stereocenters. The molecule has 0 bridgehead atoms. The Kier molecular flexibility index (Phi) is 5.65. The number of nitrogens with zero attached hydrogens (tertiary/aromatic N) is 3. The summed E-state index contributed by atoms with van der Waals surface area (Å²) in [4.78, 5) is 17.9. The quantitative estimate of drug-likeness (QED) is 0.419. The number of anilines is 1. The fourth-order valence-electron chi connectivity index (χ4n) is 3.53. The Hall–Kier alpha value is -3.38. The predicted octanol–water partition coefficient (Wildman–Crippen LogP) is 5.80. The Bertz CT molecular complexity index is 1310. The van der Waals surface area contributed by atoms with E-state index >= 15 is 0 Å². The van der Waals surface area contributed by atoms with Crippen molar-refractivity contribution >= 4 is 34.2 Å².